The van der Waals surface area contributed by atoms with E-state index in [1.54, 1.807) is 63.5 Å². The number of halogens is 1. The predicted octanol–water partition coefficient (Wildman–Crippen LogP) is 2.29. The first-order valence-corrected chi connectivity index (χ1v) is 12.7. The predicted molar refractivity (Wildman–Crippen MR) is 158 cm³/mol. The van der Waals surface area contributed by atoms with Gasteiger partial charge in [-0.1, -0.05) is 30.3 Å². The highest BCUT2D eigenvalue weighted by Crippen LogP contribution is 2.32. The summed E-state index contributed by atoms with van der Waals surface area (Å²) < 4.78 is 11.4. The molecule has 1 unspecified atom stereocenters. The molecule has 0 saturated carbocycles. The summed E-state index contributed by atoms with van der Waals surface area (Å²) in [5.74, 6) is -1.09. The lowest BCUT2D eigenvalue weighted by Gasteiger charge is -2.22. The minimum Gasteiger partial charge on any atom is -0.490 e. The summed E-state index contributed by atoms with van der Waals surface area (Å²) in [5, 5.41) is 10.7. The average Bonchev–Trinajstić information content (AvgIpc) is 2.96. The molecule has 0 heterocycles. The minimum absolute atomic E-state index is 0.0128. The summed E-state index contributed by atoms with van der Waals surface area (Å²) in [5.41, 5.74) is 17.1. The number of nitrogen functional groups attached to an aromatic ring is 1. The highest BCUT2D eigenvalue weighted by atomic mass is 35.5. The Morgan fingerprint density at radius 1 is 1.10 bits per heavy atom. The fourth-order valence-corrected chi connectivity index (χ4v) is 3.45. The van der Waals surface area contributed by atoms with E-state index >= 15 is 0 Å². The van der Waals surface area contributed by atoms with Crippen molar-refractivity contribution in [1.82, 2.24) is 15.8 Å². The molecule has 2 rings (SSSR count). The van der Waals surface area contributed by atoms with Crippen LogP contribution >= 0.6 is 11.6 Å². The van der Waals surface area contributed by atoms with Crippen LogP contribution in [0.2, 0.25) is 0 Å². The van der Waals surface area contributed by atoms with Gasteiger partial charge >= 0.3 is 0 Å². The number of benzene rings is 2. The second-order valence-corrected chi connectivity index (χ2v) is 8.97. The van der Waals surface area contributed by atoms with Crippen LogP contribution in [0.15, 0.2) is 78.0 Å². The highest BCUT2D eigenvalue weighted by Gasteiger charge is 2.24. The number of hydrazine groups is 1. The van der Waals surface area contributed by atoms with Crippen molar-refractivity contribution in [3.63, 3.8) is 0 Å². The summed E-state index contributed by atoms with van der Waals surface area (Å²) in [6, 6.07) is 10.3. The van der Waals surface area contributed by atoms with Crippen LogP contribution in [-0.4, -0.2) is 55.8 Å². The number of rotatable bonds is 13. The van der Waals surface area contributed by atoms with E-state index in [1.807, 2.05) is 0 Å². The molecule has 0 spiro atoms. The van der Waals surface area contributed by atoms with Gasteiger partial charge in [0.15, 0.2) is 18.1 Å². The summed E-state index contributed by atoms with van der Waals surface area (Å²) >= 11 is 6.01. The fourth-order valence-electron chi connectivity index (χ4n) is 3.30. The zero-order chi connectivity index (χ0) is 30.5. The zero-order valence-electron chi connectivity index (χ0n) is 23.0. The number of carbonyl (C=O) groups is 3. The van der Waals surface area contributed by atoms with Gasteiger partial charge in [-0.2, -0.15) is 0 Å². The molecular formula is C28H34ClN7O5. The summed E-state index contributed by atoms with van der Waals surface area (Å²) in [7, 11) is 3.23. The van der Waals surface area contributed by atoms with Crippen LogP contribution in [0.5, 0.6) is 11.5 Å². The minimum atomic E-state index is -1.05. The topological polar surface area (TPSA) is 185 Å². The number of amides is 3. The average molecular weight is 584 g/mol. The van der Waals surface area contributed by atoms with Crippen molar-refractivity contribution in [2.75, 3.05) is 32.6 Å². The maximum Gasteiger partial charge on any atom is 0.271 e. The van der Waals surface area contributed by atoms with Gasteiger partial charge < -0.3 is 31.2 Å². The highest BCUT2D eigenvalue weighted by molar-refractivity contribution is 6.35. The van der Waals surface area contributed by atoms with E-state index in [9.17, 15) is 14.4 Å². The normalized spacial score (nSPS) is 12.0. The molecule has 8 N–H and O–H groups in total. The summed E-state index contributed by atoms with van der Waals surface area (Å²) in [6.45, 7) is 5.42. The van der Waals surface area contributed by atoms with Crippen molar-refractivity contribution in [3.8, 4) is 11.5 Å². The third-order valence-corrected chi connectivity index (χ3v) is 5.78. The van der Waals surface area contributed by atoms with E-state index in [1.165, 1.54) is 17.1 Å². The molecule has 3 amide bonds. The number of hydrogen-bond donors (Lipinski definition) is 6. The molecule has 12 nitrogen and oxygen atoms in total. The van der Waals surface area contributed by atoms with E-state index in [0.717, 1.165) is 6.20 Å². The number of nitrogens with two attached hydrogens (primary N) is 2. The van der Waals surface area contributed by atoms with Crippen LogP contribution in [0.3, 0.4) is 0 Å². The molecule has 0 fully saturated rings. The number of hydrogen-bond acceptors (Lipinski definition) is 8. The second kappa shape index (κ2) is 15.6. The number of likely N-dealkylation sites (N-methyl/N-ethyl adjacent to an activating group) is 1. The molecule has 0 saturated heterocycles. The first-order valence-electron chi connectivity index (χ1n) is 12.3. The lowest BCUT2D eigenvalue weighted by molar-refractivity contribution is -0.130. The Hall–Kier alpha value is -4.97. The number of nitrogens with one attached hydrogen (secondary N) is 4. The van der Waals surface area contributed by atoms with E-state index < -0.39 is 17.9 Å². The van der Waals surface area contributed by atoms with Gasteiger partial charge in [-0.3, -0.25) is 30.6 Å². The standard InChI is InChI=1S/C28H34ClN7O5/c1-5-7-20(21(29)15-30)27(38)34-35-28(39)25(33-19-11-8-17(9-12-19)26(31)32)18-10-13-22(23(14-18)40-6-2)41-16-24(37)36(3)4/h5,7-15,25,33H,1,6,16,30H2,2-4H3,(H3,31,32)(H,34,38)(H,35,39)/b20-7+,21-15+. The van der Waals surface area contributed by atoms with Gasteiger partial charge in [0.05, 0.1) is 17.2 Å². The lowest BCUT2D eigenvalue weighted by atomic mass is 10.0. The molecule has 1 atom stereocenters. The van der Waals surface area contributed by atoms with E-state index in [4.69, 9.17) is 38.0 Å². The Labute approximate surface area is 243 Å². The SMILES string of the molecule is C=C/C=C(C(=O)NNC(=O)C(Nc1ccc(C(=N)N)cc1)c1ccc(OCC(=O)N(C)C)c(OCC)c1)\C(Cl)=C/N. The number of carbonyl (C=O) groups excluding carboxylic acids is 3. The van der Waals surface area contributed by atoms with Gasteiger partial charge in [0.2, 0.25) is 0 Å². The van der Waals surface area contributed by atoms with E-state index in [0.29, 0.717) is 34.9 Å². The molecule has 0 bridgehead atoms. The number of allylic oxidation sites excluding steroid dienone is 2. The first kappa shape index (κ1) is 32.2. The molecule has 0 aromatic heterocycles. The third-order valence-electron chi connectivity index (χ3n) is 5.45. The maximum atomic E-state index is 13.4. The van der Waals surface area contributed by atoms with Crippen molar-refractivity contribution in [3.05, 3.63) is 89.1 Å². The van der Waals surface area contributed by atoms with Gasteiger partial charge in [-0.25, -0.2) is 0 Å². The Morgan fingerprint density at radius 3 is 2.34 bits per heavy atom. The molecule has 2 aromatic rings. The number of anilines is 1. The summed E-state index contributed by atoms with van der Waals surface area (Å²) in [4.78, 5) is 39.5. The summed E-state index contributed by atoms with van der Waals surface area (Å²) in [6.07, 6.45) is 3.73. The van der Waals surface area contributed by atoms with Crippen LogP contribution in [0.1, 0.15) is 24.1 Å². The van der Waals surface area contributed by atoms with Crippen molar-refractivity contribution >= 4 is 40.8 Å². The number of amidine groups is 1. The van der Waals surface area contributed by atoms with Gasteiger partial charge in [-0.05, 0) is 55.0 Å². The smallest absolute Gasteiger partial charge is 0.271 e. The van der Waals surface area contributed by atoms with E-state index in [2.05, 4.69) is 22.7 Å². The molecular weight excluding hydrogens is 550 g/mol. The van der Waals surface area contributed by atoms with Crippen LogP contribution in [0.4, 0.5) is 5.69 Å². The van der Waals surface area contributed by atoms with Crippen molar-refractivity contribution in [1.29, 1.82) is 5.41 Å². The van der Waals surface area contributed by atoms with Gasteiger partial charge in [0, 0.05) is 31.5 Å². The largest absolute Gasteiger partial charge is 0.490 e. The molecule has 0 aliphatic rings. The Kier molecular flexibility index (Phi) is 12.3. The van der Waals surface area contributed by atoms with Gasteiger partial charge in [-0.15, -0.1) is 0 Å². The van der Waals surface area contributed by atoms with Gasteiger partial charge in [0.25, 0.3) is 17.7 Å². The molecule has 218 valence electrons. The first-order chi connectivity index (χ1) is 19.5. The van der Waals surface area contributed by atoms with Crippen molar-refractivity contribution < 1.29 is 23.9 Å². The van der Waals surface area contributed by atoms with Crippen LogP contribution < -0.4 is 37.1 Å². The molecule has 0 aliphatic heterocycles. The zero-order valence-corrected chi connectivity index (χ0v) is 23.7. The third kappa shape index (κ3) is 9.32. The Bertz CT molecular complexity index is 1340. The second-order valence-electron chi connectivity index (χ2n) is 8.56. The molecule has 13 heteroatoms. The van der Waals surface area contributed by atoms with E-state index in [-0.39, 0.29) is 29.0 Å². The fraction of sp³-hybridized carbons (Fsp3) is 0.214. The lowest BCUT2D eigenvalue weighted by Crippen LogP contribution is -2.46. The van der Waals surface area contributed by atoms with Crippen molar-refractivity contribution in [2.45, 2.75) is 13.0 Å². The molecule has 41 heavy (non-hydrogen) atoms. The molecule has 0 aliphatic carbocycles. The van der Waals surface area contributed by atoms with Crippen molar-refractivity contribution in [2.24, 2.45) is 11.5 Å². The van der Waals surface area contributed by atoms with Crippen LogP contribution in [-0.2, 0) is 14.4 Å². The maximum absolute atomic E-state index is 13.4. The Morgan fingerprint density at radius 2 is 1.78 bits per heavy atom. The number of ether oxygens (including phenoxy) is 2. The quantitative estimate of drug-likeness (QED) is 0.0681. The van der Waals surface area contributed by atoms with Gasteiger partial charge in [0.1, 0.15) is 11.9 Å². The van der Waals surface area contributed by atoms with Crippen LogP contribution in [0.25, 0.3) is 0 Å². The monoisotopic (exact) mass is 583 g/mol. The number of nitrogens with zero attached hydrogens (tertiary/aromatic N) is 1. The molecule has 0 radical (unpaired) electrons. The molecule has 2 aromatic carbocycles. The Balaban J connectivity index is 2.41. The van der Waals surface area contributed by atoms with Crippen LogP contribution in [0, 0.1) is 5.41 Å².